The largest absolute Gasteiger partial charge is 0.492 e. The van der Waals surface area contributed by atoms with Crippen LogP contribution < -0.4 is 15.4 Å². The number of nitrogens with zero attached hydrogens (tertiary/aromatic N) is 1. The number of hydrogen-bond donors (Lipinski definition) is 1. The van der Waals surface area contributed by atoms with Crippen LogP contribution in [0.2, 0.25) is 0 Å². The third-order valence-corrected chi connectivity index (χ3v) is 3.09. The molecule has 2 N–H and O–H groups in total. The Bertz CT molecular complexity index is 502. The lowest BCUT2D eigenvalue weighted by molar-refractivity contribution is -0.118. The maximum Gasteiger partial charge on any atom is 0.227 e. The van der Waals surface area contributed by atoms with E-state index in [9.17, 15) is 4.79 Å². The average molecular weight is 281 g/mol. The summed E-state index contributed by atoms with van der Waals surface area (Å²) < 4.78 is 5.49. The van der Waals surface area contributed by atoms with Gasteiger partial charge in [0.2, 0.25) is 5.91 Å². The third-order valence-electron chi connectivity index (χ3n) is 2.97. The van der Waals surface area contributed by atoms with Crippen molar-refractivity contribution < 1.29 is 9.53 Å². The van der Waals surface area contributed by atoms with Crippen LogP contribution in [0.5, 0.6) is 5.75 Å². The van der Waals surface area contributed by atoms with Crippen molar-refractivity contribution in [2.24, 2.45) is 5.73 Å². The fourth-order valence-electron chi connectivity index (χ4n) is 2.15. The van der Waals surface area contributed by atoms with Crippen molar-refractivity contribution in [1.29, 1.82) is 0 Å². The summed E-state index contributed by atoms with van der Waals surface area (Å²) >= 11 is 5.82. The number of amides is 1. The maximum atomic E-state index is 11.9. The molecule has 0 atom stereocenters. The molecule has 1 aliphatic rings. The van der Waals surface area contributed by atoms with E-state index in [4.69, 9.17) is 22.1 Å². The van der Waals surface area contributed by atoms with Crippen molar-refractivity contribution in [2.75, 3.05) is 24.6 Å². The van der Waals surface area contributed by atoms with Crippen LogP contribution >= 0.6 is 11.6 Å². The molecule has 1 aromatic carbocycles. The second-order valence-electron chi connectivity index (χ2n) is 4.42. The number of halogens is 1. The third kappa shape index (κ3) is 3.28. The SMILES string of the molecule is C=C(Cl)CN1C(=O)CCc2cc(OCCN)ccc21. The zero-order valence-electron chi connectivity index (χ0n) is 10.7. The molecule has 5 heteroatoms. The zero-order chi connectivity index (χ0) is 13.8. The summed E-state index contributed by atoms with van der Waals surface area (Å²) in [6, 6.07) is 5.69. The lowest BCUT2D eigenvalue weighted by Crippen LogP contribution is -2.35. The van der Waals surface area contributed by atoms with Crippen LogP contribution in [0.4, 0.5) is 5.69 Å². The van der Waals surface area contributed by atoms with Gasteiger partial charge < -0.3 is 15.4 Å². The second-order valence-corrected chi connectivity index (χ2v) is 4.96. The molecule has 0 bridgehead atoms. The molecule has 4 nitrogen and oxygen atoms in total. The van der Waals surface area contributed by atoms with Gasteiger partial charge in [-0.15, -0.1) is 0 Å². The van der Waals surface area contributed by atoms with Gasteiger partial charge in [-0.3, -0.25) is 4.79 Å². The Morgan fingerprint density at radius 3 is 2.95 bits per heavy atom. The van der Waals surface area contributed by atoms with E-state index >= 15 is 0 Å². The minimum atomic E-state index is 0.0740. The maximum absolute atomic E-state index is 11.9. The number of hydrogen-bond acceptors (Lipinski definition) is 3. The highest BCUT2D eigenvalue weighted by molar-refractivity contribution is 6.30. The molecule has 0 saturated carbocycles. The first-order valence-electron chi connectivity index (χ1n) is 6.21. The van der Waals surface area contributed by atoms with Crippen LogP contribution in [0.1, 0.15) is 12.0 Å². The quantitative estimate of drug-likeness (QED) is 0.898. The molecule has 0 aliphatic carbocycles. The highest BCUT2D eigenvalue weighted by atomic mass is 35.5. The molecular formula is C14H17ClN2O2. The molecule has 0 unspecified atom stereocenters. The summed E-state index contributed by atoms with van der Waals surface area (Å²) in [7, 11) is 0. The Labute approximate surface area is 117 Å². The lowest BCUT2D eigenvalue weighted by Gasteiger charge is -2.29. The smallest absolute Gasteiger partial charge is 0.227 e. The summed E-state index contributed by atoms with van der Waals surface area (Å²) in [5.74, 6) is 0.855. The standard InChI is InChI=1S/C14H17ClN2O2/c1-10(15)9-17-13-4-3-12(19-7-6-16)8-11(13)2-5-14(17)18/h3-4,8H,1-2,5-7,9,16H2. The second kappa shape index (κ2) is 6.08. The molecule has 0 fully saturated rings. The minimum Gasteiger partial charge on any atom is -0.492 e. The van der Waals surface area contributed by atoms with Gasteiger partial charge in [-0.25, -0.2) is 0 Å². The monoisotopic (exact) mass is 280 g/mol. The highest BCUT2D eigenvalue weighted by Crippen LogP contribution is 2.31. The predicted molar refractivity (Wildman–Crippen MR) is 76.7 cm³/mol. The molecule has 1 amide bonds. The Morgan fingerprint density at radius 2 is 2.26 bits per heavy atom. The van der Waals surface area contributed by atoms with E-state index in [-0.39, 0.29) is 5.91 Å². The first-order chi connectivity index (χ1) is 9.11. The van der Waals surface area contributed by atoms with Gasteiger partial charge in [0.15, 0.2) is 0 Å². The zero-order valence-corrected chi connectivity index (χ0v) is 11.4. The summed E-state index contributed by atoms with van der Waals surface area (Å²) in [6.07, 6.45) is 1.21. The number of anilines is 1. The van der Waals surface area contributed by atoms with Crippen molar-refractivity contribution in [3.63, 3.8) is 0 Å². The summed E-state index contributed by atoms with van der Waals surface area (Å²) in [5, 5.41) is 0.449. The molecule has 0 radical (unpaired) electrons. The predicted octanol–water partition coefficient (Wildman–Crippen LogP) is 2.06. The molecule has 102 valence electrons. The lowest BCUT2D eigenvalue weighted by atomic mass is 10.0. The fraction of sp³-hybridized carbons (Fsp3) is 0.357. The van der Waals surface area contributed by atoms with Gasteiger partial charge in [0.05, 0.1) is 6.54 Å². The Morgan fingerprint density at radius 1 is 1.47 bits per heavy atom. The van der Waals surface area contributed by atoms with Crippen LogP contribution in [0.3, 0.4) is 0 Å². The molecule has 0 saturated heterocycles. The van der Waals surface area contributed by atoms with E-state index in [0.717, 1.165) is 23.4 Å². The van der Waals surface area contributed by atoms with Gasteiger partial charge in [-0.2, -0.15) is 0 Å². The van der Waals surface area contributed by atoms with E-state index in [0.29, 0.717) is 31.1 Å². The average Bonchev–Trinajstić information content (AvgIpc) is 2.39. The van der Waals surface area contributed by atoms with Gasteiger partial charge in [-0.05, 0) is 30.2 Å². The number of fused-ring (bicyclic) bond motifs is 1. The fourth-order valence-corrected chi connectivity index (χ4v) is 2.27. The number of benzene rings is 1. The molecule has 1 aliphatic heterocycles. The van der Waals surface area contributed by atoms with E-state index in [1.165, 1.54) is 0 Å². The normalized spacial score (nSPS) is 14.2. The van der Waals surface area contributed by atoms with Crippen LogP contribution in [0, 0.1) is 0 Å². The van der Waals surface area contributed by atoms with Crippen molar-refractivity contribution >= 4 is 23.2 Å². The first-order valence-corrected chi connectivity index (χ1v) is 6.59. The molecule has 19 heavy (non-hydrogen) atoms. The van der Waals surface area contributed by atoms with Gasteiger partial charge in [0.1, 0.15) is 12.4 Å². The summed E-state index contributed by atoms with van der Waals surface area (Å²) in [5.41, 5.74) is 7.38. The van der Waals surface area contributed by atoms with Crippen molar-refractivity contribution in [2.45, 2.75) is 12.8 Å². The van der Waals surface area contributed by atoms with Gasteiger partial charge >= 0.3 is 0 Å². The number of carbonyl (C=O) groups is 1. The summed E-state index contributed by atoms with van der Waals surface area (Å²) in [4.78, 5) is 13.6. The van der Waals surface area contributed by atoms with Crippen molar-refractivity contribution in [3.8, 4) is 5.75 Å². The number of aryl methyl sites for hydroxylation is 1. The van der Waals surface area contributed by atoms with Crippen LogP contribution in [0.15, 0.2) is 29.8 Å². The van der Waals surface area contributed by atoms with E-state index in [1.54, 1.807) is 4.90 Å². The molecule has 1 aromatic rings. The van der Waals surface area contributed by atoms with Gasteiger partial charge in [0.25, 0.3) is 0 Å². The number of ether oxygens (including phenoxy) is 1. The number of rotatable bonds is 5. The Kier molecular flexibility index (Phi) is 4.45. The van der Waals surface area contributed by atoms with Crippen LogP contribution in [0.25, 0.3) is 0 Å². The van der Waals surface area contributed by atoms with Crippen molar-refractivity contribution in [3.05, 3.63) is 35.4 Å². The molecule has 0 aromatic heterocycles. The van der Waals surface area contributed by atoms with E-state index in [2.05, 4.69) is 6.58 Å². The van der Waals surface area contributed by atoms with Crippen LogP contribution in [-0.4, -0.2) is 25.6 Å². The number of carbonyl (C=O) groups excluding carboxylic acids is 1. The molecule has 0 spiro atoms. The molecule has 2 rings (SSSR count). The number of nitrogens with two attached hydrogens (primary N) is 1. The summed E-state index contributed by atoms with van der Waals surface area (Å²) in [6.45, 7) is 4.96. The van der Waals surface area contributed by atoms with Crippen LogP contribution in [-0.2, 0) is 11.2 Å². The van der Waals surface area contributed by atoms with E-state index in [1.807, 2.05) is 18.2 Å². The topological polar surface area (TPSA) is 55.6 Å². The molecule has 1 heterocycles. The first kappa shape index (κ1) is 13.9. The van der Waals surface area contributed by atoms with Crippen molar-refractivity contribution in [1.82, 2.24) is 0 Å². The van der Waals surface area contributed by atoms with Gasteiger partial charge in [-0.1, -0.05) is 18.2 Å². The highest BCUT2D eigenvalue weighted by Gasteiger charge is 2.24. The van der Waals surface area contributed by atoms with Gasteiger partial charge in [0, 0.05) is 23.7 Å². The molecular weight excluding hydrogens is 264 g/mol. The Balaban J connectivity index is 2.25. The minimum absolute atomic E-state index is 0.0740. The Hall–Kier alpha value is -1.52. The van der Waals surface area contributed by atoms with E-state index < -0.39 is 0 Å².